The van der Waals surface area contributed by atoms with E-state index >= 15 is 0 Å². The van der Waals surface area contributed by atoms with Crippen LogP contribution in [-0.2, 0) is 0 Å². The van der Waals surface area contributed by atoms with Crippen molar-refractivity contribution in [1.29, 1.82) is 0 Å². The van der Waals surface area contributed by atoms with E-state index in [1.807, 2.05) is 18.2 Å². The molecular formula is C14H21NO2. The van der Waals surface area contributed by atoms with Gasteiger partial charge in [0.25, 0.3) is 0 Å². The Morgan fingerprint density at radius 1 is 1.18 bits per heavy atom. The van der Waals surface area contributed by atoms with Crippen molar-refractivity contribution in [1.82, 2.24) is 0 Å². The molecule has 0 amide bonds. The molecule has 3 unspecified atom stereocenters. The fourth-order valence-electron chi connectivity index (χ4n) is 2.68. The molecule has 1 heterocycles. The van der Waals surface area contributed by atoms with Gasteiger partial charge >= 0.3 is 0 Å². The van der Waals surface area contributed by atoms with Gasteiger partial charge in [-0.3, -0.25) is 0 Å². The minimum absolute atomic E-state index is 0.0128. The molecule has 3 atom stereocenters. The zero-order valence-corrected chi connectivity index (χ0v) is 10.5. The summed E-state index contributed by atoms with van der Waals surface area (Å²) in [5.41, 5.74) is 1.12. The van der Waals surface area contributed by atoms with Gasteiger partial charge in [0, 0.05) is 12.2 Å². The highest BCUT2D eigenvalue weighted by Crippen LogP contribution is 2.29. The van der Waals surface area contributed by atoms with Gasteiger partial charge in [0.1, 0.15) is 6.10 Å². The Hall–Kier alpha value is -1.06. The molecule has 2 N–H and O–H groups in total. The van der Waals surface area contributed by atoms with Crippen LogP contribution in [-0.4, -0.2) is 35.0 Å². The van der Waals surface area contributed by atoms with Crippen molar-refractivity contribution in [3.8, 4) is 0 Å². The maximum absolute atomic E-state index is 10.1. The van der Waals surface area contributed by atoms with Gasteiger partial charge in [0.05, 0.1) is 12.1 Å². The van der Waals surface area contributed by atoms with E-state index in [1.165, 1.54) is 0 Å². The first-order valence-corrected chi connectivity index (χ1v) is 6.29. The van der Waals surface area contributed by atoms with Crippen molar-refractivity contribution in [2.45, 2.75) is 38.5 Å². The summed E-state index contributed by atoms with van der Waals surface area (Å²) in [6.45, 7) is 4.97. The smallest absolute Gasteiger partial charge is 0.100 e. The van der Waals surface area contributed by atoms with Gasteiger partial charge in [-0.2, -0.15) is 0 Å². The standard InChI is InChI=1S/C14H21NO2/c1-10(2)13-14(17)12(16)8-9-15(13)11-6-4-3-5-7-11/h3-7,10,12-14,16-17H,8-9H2,1-2H3. The highest BCUT2D eigenvalue weighted by atomic mass is 16.3. The predicted molar refractivity (Wildman–Crippen MR) is 69.0 cm³/mol. The van der Waals surface area contributed by atoms with Crippen molar-refractivity contribution in [3.05, 3.63) is 30.3 Å². The van der Waals surface area contributed by atoms with E-state index in [0.29, 0.717) is 12.3 Å². The SMILES string of the molecule is CC(C)C1C(O)C(O)CCN1c1ccccc1. The number of piperidine rings is 1. The van der Waals surface area contributed by atoms with Crippen LogP contribution in [0.5, 0.6) is 0 Å². The summed E-state index contributed by atoms with van der Waals surface area (Å²) in [6.07, 6.45) is -0.634. The van der Waals surface area contributed by atoms with Crippen LogP contribution in [0, 0.1) is 5.92 Å². The van der Waals surface area contributed by atoms with E-state index in [-0.39, 0.29) is 6.04 Å². The lowest BCUT2D eigenvalue weighted by Crippen LogP contribution is -2.57. The number of aliphatic hydroxyl groups excluding tert-OH is 2. The van der Waals surface area contributed by atoms with Crippen LogP contribution < -0.4 is 4.90 Å². The second kappa shape index (κ2) is 5.07. The van der Waals surface area contributed by atoms with Crippen molar-refractivity contribution in [2.75, 3.05) is 11.4 Å². The van der Waals surface area contributed by atoms with Crippen molar-refractivity contribution in [2.24, 2.45) is 5.92 Å². The number of hydrogen-bond acceptors (Lipinski definition) is 3. The highest BCUT2D eigenvalue weighted by Gasteiger charge is 2.37. The van der Waals surface area contributed by atoms with Crippen LogP contribution in [0.15, 0.2) is 30.3 Å². The fraction of sp³-hybridized carbons (Fsp3) is 0.571. The molecule has 0 spiro atoms. The molecule has 3 nitrogen and oxygen atoms in total. The second-order valence-corrected chi connectivity index (χ2v) is 5.11. The summed E-state index contributed by atoms with van der Waals surface area (Å²) < 4.78 is 0. The molecule has 3 heteroatoms. The van der Waals surface area contributed by atoms with Crippen LogP contribution in [0.2, 0.25) is 0 Å². The molecule has 1 aromatic rings. The number of aliphatic hydroxyl groups is 2. The number of rotatable bonds is 2. The number of anilines is 1. The molecule has 0 saturated carbocycles. The van der Waals surface area contributed by atoms with Gasteiger partial charge in [-0.25, -0.2) is 0 Å². The lowest BCUT2D eigenvalue weighted by atomic mass is 9.88. The summed E-state index contributed by atoms with van der Waals surface area (Å²) in [7, 11) is 0. The van der Waals surface area contributed by atoms with Crippen molar-refractivity contribution >= 4 is 5.69 Å². The minimum Gasteiger partial charge on any atom is -0.390 e. The average molecular weight is 235 g/mol. The number of para-hydroxylation sites is 1. The van der Waals surface area contributed by atoms with Crippen LogP contribution >= 0.6 is 0 Å². The molecule has 0 aromatic heterocycles. The third kappa shape index (κ3) is 2.45. The van der Waals surface area contributed by atoms with Gasteiger partial charge in [-0.15, -0.1) is 0 Å². The number of nitrogens with zero attached hydrogens (tertiary/aromatic N) is 1. The molecule has 1 saturated heterocycles. The van der Waals surface area contributed by atoms with E-state index in [1.54, 1.807) is 0 Å². The van der Waals surface area contributed by atoms with Gasteiger partial charge in [-0.1, -0.05) is 32.0 Å². The first kappa shape index (κ1) is 12.4. The van der Waals surface area contributed by atoms with Crippen molar-refractivity contribution < 1.29 is 10.2 Å². The molecule has 1 fully saturated rings. The Bertz CT molecular complexity index is 352. The molecule has 17 heavy (non-hydrogen) atoms. The van der Waals surface area contributed by atoms with Crippen LogP contribution in [0.1, 0.15) is 20.3 Å². The van der Waals surface area contributed by atoms with Gasteiger partial charge in [0.15, 0.2) is 0 Å². The topological polar surface area (TPSA) is 43.7 Å². The molecule has 1 aromatic carbocycles. The third-order valence-corrected chi connectivity index (χ3v) is 3.54. The lowest BCUT2D eigenvalue weighted by Gasteiger charge is -2.45. The van der Waals surface area contributed by atoms with Gasteiger partial charge < -0.3 is 15.1 Å². The molecule has 0 bridgehead atoms. The third-order valence-electron chi connectivity index (χ3n) is 3.54. The minimum atomic E-state index is -0.663. The number of hydrogen-bond donors (Lipinski definition) is 2. The summed E-state index contributed by atoms with van der Waals surface area (Å²) in [5, 5.41) is 19.9. The second-order valence-electron chi connectivity index (χ2n) is 5.11. The Morgan fingerprint density at radius 3 is 2.41 bits per heavy atom. The number of benzene rings is 1. The summed E-state index contributed by atoms with van der Waals surface area (Å²) >= 11 is 0. The zero-order chi connectivity index (χ0) is 12.4. The first-order chi connectivity index (χ1) is 8.11. The van der Waals surface area contributed by atoms with Crippen LogP contribution in [0.4, 0.5) is 5.69 Å². The van der Waals surface area contributed by atoms with Crippen LogP contribution in [0.3, 0.4) is 0 Å². The monoisotopic (exact) mass is 235 g/mol. The Morgan fingerprint density at radius 2 is 1.82 bits per heavy atom. The molecule has 1 aliphatic rings. The van der Waals surface area contributed by atoms with E-state index in [9.17, 15) is 10.2 Å². The quantitative estimate of drug-likeness (QED) is 0.819. The molecule has 0 aliphatic carbocycles. The van der Waals surface area contributed by atoms with Gasteiger partial charge in [0.2, 0.25) is 0 Å². The summed E-state index contributed by atoms with van der Waals surface area (Å²) in [6, 6.07) is 10.1. The van der Waals surface area contributed by atoms with Gasteiger partial charge in [-0.05, 0) is 24.5 Å². The maximum Gasteiger partial charge on any atom is 0.100 e. The zero-order valence-electron chi connectivity index (χ0n) is 10.5. The molecular weight excluding hydrogens is 214 g/mol. The normalized spacial score (nSPS) is 29.7. The largest absolute Gasteiger partial charge is 0.390 e. The summed E-state index contributed by atoms with van der Waals surface area (Å²) in [5.74, 6) is 0.306. The highest BCUT2D eigenvalue weighted by molar-refractivity contribution is 5.48. The predicted octanol–water partition coefficient (Wildman–Crippen LogP) is 1.64. The Kier molecular flexibility index (Phi) is 3.69. The molecule has 0 radical (unpaired) electrons. The molecule has 1 aliphatic heterocycles. The molecule has 94 valence electrons. The van der Waals surface area contributed by atoms with Crippen LogP contribution in [0.25, 0.3) is 0 Å². The maximum atomic E-state index is 10.1. The van der Waals surface area contributed by atoms with E-state index in [2.05, 4.69) is 30.9 Å². The molecule has 2 rings (SSSR count). The van der Waals surface area contributed by atoms with Crippen molar-refractivity contribution in [3.63, 3.8) is 0 Å². The average Bonchev–Trinajstić information content (AvgIpc) is 2.33. The first-order valence-electron chi connectivity index (χ1n) is 6.29. The fourth-order valence-corrected chi connectivity index (χ4v) is 2.68. The van der Waals surface area contributed by atoms with E-state index in [4.69, 9.17) is 0 Å². The Labute approximate surface area is 103 Å². The van der Waals surface area contributed by atoms with E-state index in [0.717, 1.165) is 12.2 Å². The lowest BCUT2D eigenvalue weighted by molar-refractivity contribution is -0.0254. The summed E-state index contributed by atoms with van der Waals surface area (Å²) in [4.78, 5) is 2.21. The Balaban J connectivity index is 2.26. The van der Waals surface area contributed by atoms with E-state index < -0.39 is 12.2 Å².